The largest absolute Gasteiger partial charge is 0.467 e. The van der Waals surface area contributed by atoms with E-state index < -0.39 is 9.84 Å². The standard InChI is InChI=1S/C16H14N4O3S/c1-24(21,22)12-4-5-14-13(9-12)19-15(16-17-6-7-20(14)16)18-10-11-3-2-8-23-11/h2-9H,10H2,1H3,(H,18,19). The van der Waals surface area contributed by atoms with E-state index in [9.17, 15) is 8.42 Å². The minimum atomic E-state index is -3.30. The van der Waals surface area contributed by atoms with Crippen LogP contribution in [-0.2, 0) is 16.4 Å². The lowest BCUT2D eigenvalue weighted by Crippen LogP contribution is -2.05. The summed E-state index contributed by atoms with van der Waals surface area (Å²) in [5.41, 5.74) is 2.03. The number of nitrogens with zero attached hydrogens (tertiary/aromatic N) is 3. The lowest BCUT2D eigenvalue weighted by molar-refractivity contribution is 0.518. The third kappa shape index (κ3) is 2.50. The summed E-state index contributed by atoms with van der Waals surface area (Å²) in [7, 11) is -3.30. The van der Waals surface area contributed by atoms with Crippen molar-refractivity contribution in [2.45, 2.75) is 11.4 Å². The molecule has 0 radical (unpaired) electrons. The third-order valence-corrected chi connectivity index (χ3v) is 4.84. The molecule has 0 aliphatic rings. The molecule has 3 heterocycles. The number of anilines is 1. The van der Waals surface area contributed by atoms with Gasteiger partial charge in [-0.2, -0.15) is 0 Å². The zero-order valence-electron chi connectivity index (χ0n) is 12.8. The van der Waals surface area contributed by atoms with Crippen LogP contribution in [0.15, 0.2) is 58.3 Å². The van der Waals surface area contributed by atoms with Gasteiger partial charge < -0.3 is 9.73 Å². The lowest BCUT2D eigenvalue weighted by Gasteiger charge is -2.09. The van der Waals surface area contributed by atoms with Gasteiger partial charge in [0.2, 0.25) is 0 Å². The maximum absolute atomic E-state index is 11.8. The summed E-state index contributed by atoms with van der Waals surface area (Å²) >= 11 is 0. The summed E-state index contributed by atoms with van der Waals surface area (Å²) in [6.07, 6.45) is 6.28. The molecule has 0 spiro atoms. The predicted molar refractivity (Wildman–Crippen MR) is 89.6 cm³/mol. The number of rotatable bonds is 4. The summed E-state index contributed by atoms with van der Waals surface area (Å²) in [6, 6.07) is 8.56. The van der Waals surface area contributed by atoms with E-state index in [4.69, 9.17) is 4.42 Å². The first-order valence-electron chi connectivity index (χ1n) is 7.25. The maximum Gasteiger partial charge on any atom is 0.180 e. The number of aromatic nitrogens is 3. The fraction of sp³-hybridized carbons (Fsp3) is 0.125. The molecule has 1 aromatic carbocycles. The van der Waals surface area contributed by atoms with Crippen molar-refractivity contribution < 1.29 is 12.8 Å². The Morgan fingerprint density at radius 1 is 1.29 bits per heavy atom. The first-order valence-corrected chi connectivity index (χ1v) is 9.15. The van der Waals surface area contributed by atoms with Gasteiger partial charge in [0.25, 0.3) is 0 Å². The second-order valence-corrected chi connectivity index (χ2v) is 7.45. The predicted octanol–water partition coefficient (Wildman–Crippen LogP) is 2.49. The van der Waals surface area contributed by atoms with E-state index in [2.05, 4.69) is 15.3 Å². The number of furan rings is 1. The Bertz CT molecular complexity index is 1130. The second kappa shape index (κ2) is 5.34. The summed E-state index contributed by atoms with van der Waals surface area (Å²) in [4.78, 5) is 9.11. The lowest BCUT2D eigenvalue weighted by atomic mass is 10.3. The molecule has 0 aliphatic heterocycles. The van der Waals surface area contributed by atoms with Gasteiger partial charge >= 0.3 is 0 Å². The van der Waals surface area contributed by atoms with Crippen molar-refractivity contribution in [3.63, 3.8) is 0 Å². The van der Waals surface area contributed by atoms with Crippen molar-refractivity contribution in [2.75, 3.05) is 11.6 Å². The van der Waals surface area contributed by atoms with E-state index in [0.717, 1.165) is 11.3 Å². The number of hydrogen-bond acceptors (Lipinski definition) is 6. The fourth-order valence-electron chi connectivity index (χ4n) is 2.57. The van der Waals surface area contributed by atoms with Crippen LogP contribution in [0.25, 0.3) is 16.7 Å². The van der Waals surface area contributed by atoms with Gasteiger partial charge in [0.05, 0.1) is 28.7 Å². The number of hydrogen-bond donors (Lipinski definition) is 1. The van der Waals surface area contributed by atoms with E-state index >= 15 is 0 Å². The molecule has 4 rings (SSSR count). The van der Waals surface area contributed by atoms with Crippen LogP contribution < -0.4 is 5.32 Å². The molecule has 8 heteroatoms. The highest BCUT2D eigenvalue weighted by Crippen LogP contribution is 2.23. The van der Waals surface area contributed by atoms with Crippen LogP contribution in [0.3, 0.4) is 0 Å². The van der Waals surface area contributed by atoms with Crippen molar-refractivity contribution in [1.29, 1.82) is 0 Å². The molecule has 0 fully saturated rings. The van der Waals surface area contributed by atoms with Crippen molar-refractivity contribution in [3.8, 4) is 0 Å². The Hall–Kier alpha value is -2.87. The van der Waals surface area contributed by atoms with Crippen molar-refractivity contribution in [3.05, 3.63) is 54.7 Å². The van der Waals surface area contributed by atoms with Gasteiger partial charge in [-0.1, -0.05) is 0 Å². The molecular formula is C16H14N4O3S. The Labute approximate surface area is 137 Å². The molecule has 1 N–H and O–H groups in total. The molecule has 0 atom stereocenters. The maximum atomic E-state index is 11.8. The zero-order valence-corrected chi connectivity index (χ0v) is 13.6. The van der Waals surface area contributed by atoms with Gasteiger partial charge in [0, 0.05) is 18.6 Å². The van der Waals surface area contributed by atoms with Crippen LogP contribution in [0, 0.1) is 0 Å². The molecule has 0 unspecified atom stereocenters. The van der Waals surface area contributed by atoms with Crippen molar-refractivity contribution >= 4 is 32.3 Å². The topological polar surface area (TPSA) is 89.5 Å². The highest BCUT2D eigenvalue weighted by atomic mass is 32.2. The van der Waals surface area contributed by atoms with Crippen LogP contribution in [-0.4, -0.2) is 29.0 Å². The van der Waals surface area contributed by atoms with Crippen molar-refractivity contribution in [2.24, 2.45) is 0 Å². The molecule has 0 bridgehead atoms. The second-order valence-electron chi connectivity index (χ2n) is 5.44. The average Bonchev–Trinajstić information content (AvgIpc) is 3.22. The molecule has 3 aromatic heterocycles. The van der Waals surface area contributed by atoms with Gasteiger partial charge in [0.1, 0.15) is 5.76 Å². The summed E-state index contributed by atoms with van der Waals surface area (Å²) < 4.78 is 30.7. The van der Waals surface area contributed by atoms with E-state index in [1.807, 2.05) is 22.7 Å². The normalized spacial score (nSPS) is 12.0. The SMILES string of the molecule is CS(=O)(=O)c1ccc2c(c1)nc(NCc1ccco1)c1nccn12. The average molecular weight is 342 g/mol. The Kier molecular flexibility index (Phi) is 3.27. The molecule has 4 aromatic rings. The van der Waals surface area contributed by atoms with E-state index in [1.165, 1.54) is 6.26 Å². The monoisotopic (exact) mass is 342 g/mol. The Morgan fingerprint density at radius 2 is 2.17 bits per heavy atom. The van der Waals surface area contributed by atoms with Crippen LogP contribution >= 0.6 is 0 Å². The molecule has 122 valence electrons. The molecule has 0 saturated carbocycles. The van der Waals surface area contributed by atoms with Gasteiger partial charge in [-0.15, -0.1) is 0 Å². The van der Waals surface area contributed by atoms with E-state index in [1.54, 1.807) is 30.7 Å². The highest BCUT2D eigenvalue weighted by molar-refractivity contribution is 7.90. The molecule has 24 heavy (non-hydrogen) atoms. The first-order chi connectivity index (χ1) is 11.5. The summed E-state index contributed by atoms with van der Waals surface area (Å²) in [5.74, 6) is 1.33. The fourth-order valence-corrected chi connectivity index (χ4v) is 3.21. The van der Waals surface area contributed by atoms with Gasteiger partial charge in [-0.05, 0) is 30.3 Å². The third-order valence-electron chi connectivity index (χ3n) is 3.73. The van der Waals surface area contributed by atoms with Crippen molar-refractivity contribution in [1.82, 2.24) is 14.4 Å². The van der Waals surface area contributed by atoms with Crippen LogP contribution in [0.4, 0.5) is 5.82 Å². The van der Waals surface area contributed by atoms with Gasteiger partial charge in [0.15, 0.2) is 21.3 Å². The first kappa shape index (κ1) is 14.7. The minimum absolute atomic E-state index is 0.235. The Morgan fingerprint density at radius 3 is 2.92 bits per heavy atom. The van der Waals surface area contributed by atoms with Crippen LogP contribution in [0.5, 0.6) is 0 Å². The number of fused-ring (bicyclic) bond motifs is 3. The van der Waals surface area contributed by atoms with Gasteiger partial charge in [-0.25, -0.2) is 18.4 Å². The number of imidazole rings is 1. The Balaban J connectivity index is 1.86. The number of benzene rings is 1. The summed E-state index contributed by atoms with van der Waals surface area (Å²) in [5, 5.41) is 3.19. The summed E-state index contributed by atoms with van der Waals surface area (Å²) in [6.45, 7) is 0.458. The molecule has 7 nitrogen and oxygen atoms in total. The van der Waals surface area contributed by atoms with Crippen LogP contribution in [0.2, 0.25) is 0 Å². The molecule has 0 amide bonds. The van der Waals surface area contributed by atoms with E-state index in [0.29, 0.717) is 23.5 Å². The zero-order chi connectivity index (χ0) is 16.7. The van der Waals surface area contributed by atoms with E-state index in [-0.39, 0.29) is 4.90 Å². The number of nitrogens with one attached hydrogen (secondary N) is 1. The van der Waals surface area contributed by atoms with Crippen LogP contribution in [0.1, 0.15) is 5.76 Å². The molecular weight excluding hydrogens is 328 g/mol. The smallest absolute Gasteiger partial charge is 0.180 e. The minimum Gasteiger partial charge on any atom is -0.467 e. The highest BCUT2D eigenvalue weighted by Gasteiger charge is 2.13. The molecule has 0 aliphatic carbocycles. The van der Waals surface area contributed by atoms with Gasteiger partial charge in [-0.3, -0.25) is 4.40 Å². The quantitative estimate of drug-likeness (QED) is 0.613. The number of sulfone groups is 1. The molecule has 0 saturated heterocycles.